The molecule has 1 saturated carbocycles. The lowest BCUT2D eigenvalue weighted by Gasteiger charge is -2.26. The average Bonchev–Trinajstić information content (AvgIpc) is 2.64. The van der Waals surface area contributed by atoms with E-state index >= 15 is 0 Å². The molecule has 62 valence electrons. The molecule has 12 heavy (non-hydrogen) atoms. The summed E-state index contributed by atoms with van der Waals surface area (Å²) in [4.78, 5) is 0. The number of nitrogens with zero attached hydrogens (tertiary/aromatic N) is 1. The normalized spacial score (nSPS) is 42.9. The number of allylic oxidation sites excluding steroid dienone is 3. The van der Waals surface area contributed by atoms with Crippen LogP contribution in [0.4, 0.5) is 0 Å². The van der Waals surface area contributed by atoms with Crippen LogP contribution in [0.1, 0.15) is 19.3 Å². The summed E-state index contributed by atoms with van der Waals surface area (Å²) < 4.78 is 0. The predicted octanol–water partition coefficient (Wildman–Crippen LogP) is 2.67. The van der Waals surface area contributed by atoms with Gasteiger partial charge in [-0.05, 0) is 31.1 Å². The summed E-state index contributed by atoms with van der Waals surface area (Å²) in [6.07, 6.45) is 9.48. The van der Waals surface area contributed by atoms with Crippen molar-refractivity contribution in [2.45, 2.75) is 19.3 Å². The first-order valence-corrected chi connectivity index (χ1v) is 4.51. The lowest BCUT2D eigenvalue weighted by molar-refractivity contribution is 0.331. The second-order valence-electron chi connectivity index (χ2n) is 3.95. The Morgan fingerprint density at radius 1 is 1.67 bits per heavy atom. The van der Waals surface area contributed by atoms with Gasteiger partial charge >= 0.3 is 0 Å². The fourth-order valence-electron chi connectivity index (χ4n) is 2.62. The Kier molecular flexibility index (Phi) is 1.58. The molecule has 0 aromatic carbocycles. The largest absolute Gasteiger partial charge is 0.198 e. The Morgan fingerprint density at radius 2 is 2.50 bits per heavy atom. The topological polar surface area (TPSA) is 23.8 Å². The second kappa shape index (κ2) is 2.48. The summed E-state index contributed by atoms with van der Waals surface area (Å²) in [5.41, 5.74) is -0.0961. The first-order valence-electron chi connectivity index (χ1n) is 4.51. The maximum Gasteiger partial charge on any atom is 0.0699 e. The standard InChI is InChI=1S/C11H13N/c1-2-5-11(8-12)7-9-3-4-10(11)6-9/h2-4,9-10H,1,5-7H2/t9-,10+,11+/m0/s1. The lowest BCUT2D eigenvalue weighted by Crippen LogP contribution is -2.22. The summed E-state index contributed by atoms with van der Waals surface area (Å²) in [6.45, 7) is 3.73. The smallest absolute Gasteiger partial charge is 0.0699 e. The van der Waals surface area contributed by atoms with E-state index in [0.29, 0.717) is 11.8 Å². The van der Waals surface area contributed by atoms with Crippen molar-refractivity contribution < 1.29 is 0 Å². The van der Waals surface area contributed by atoms with Gasteiger partial charge in [-0.1, -0.05) is 18.2 Å². The van der Waals surface area contributed by atoms with Crippen LogP contribution in [0.2, 0.25) is 0 Å². The fourth-order valence-corrected chi connectivity index (χ4v) is 2.62. The van der Waals surface area contributed by atoms with E-state index in [1.165, 1.54) is 6.42 Å². The molecule has 0 spiro atoms. The summed E-state index contributed by atoms with van der Waals surface area (Å²) in [5, 5.41) is 9.14. The van der Waals surface area contributed by atoms with Crippen molar-refractivity contribution in [2.75, 3.05) is 0 Å². The molecule has 2 bridgehead atoms. The third kappa shape index (κ3) is 0.845. The third-order valence-corrected chi connectivity index (χ3v) is 3.24. The highest BCUT2D eigenvalue weighted by molar-refractivity contribution is 5.23. The summed E-state index contributed by atoms with van der Waals surface area (Å²) in [6, 6.07) is 2.49. The monoisotopic (exact) mass is 159 g/mol. The molecule has 1 nitrogen and oxygen atoms in total. The molecular weight excluding hydrogens is 146 g/mol. The third-order valence-electron chi connectivity index (χ3n) is 3.24. The highest BCUT2D eigenvalue weighted by Crippen LogP contribution is 2.53. The fraction of sp³-hybridized carbons (Fsp3) is 0.545. The molecule has 0 unspecified atom stereocenters. The van der Waals surface area contributed by atoms with Crippen LogP contribution in [0.5, 0.6) is 0 Å². The highest BCUT2D eigenvalue weighted by atomic mass is 14.5. The number of fused-ring (bicyclic) bond motifs is 2. The quantitative estimate of drug-likeness (QED) is 0.568. The van der Waals surface area contributed by atoms with Gasteiger partial charge in [0.2, 0.25) is 0 Å². The molecule has 0 saturated heterocycles. The number of hydrogen-bond acceptors (Lipinski definition) is 1. The molecule has 0 amide bonds. The Hall–Kier alpha value is -1.03. The van der Waals surface area contributed by atoms with E-state index in [1.807, 2.05) is 6.08 Å². The van der Waals surface area contributed by atoms with Crippen molar-refractivity contribution in [1.29, 1.82) is 5.26 Å². The van der Waals surface area contributed by atoms with E-state index in [2.05, 4.69) is 24.8 Å². The van der Waals surface area contributed by atoms with Crippen LogP contribution in [-0.4, -0.2) is 0 Å². The van der Waals surface area contributed by atoms with Gasteiger partial charge in [0.25, 0.3) is 0 Å². The van der Waals surface area contributed by atoms with E-state index in [-0.39, 0.29) is 5.41 Å². The molecule has 0 aliphatic heterocycles. The summed E-state index contributed by atoms with van der Waals surface area (Å²) in [5.74, 6) is 1.18. The van der Waals surface area contributed by atoms with Crippen LogP contribution in [0.25, 0.3) is 0 Å². The minimum atomic E-state index is -0.0961. The van der Waals surface area contributed by atoms with Crippen LogP contribution in [0.3, 0.4) is 0 Å². The Labute approximate surface area is 73.4 Å². The van der Waals surface area contributed by atoms with Gasteiger partial charge in [-0.3, -0.25) is 0 Å². The van der Waals surface area contributed by atoms with Crippen LogP contribution in [0, 0.1) is 28.6 Å². The molecule has 2 aliphatic rings. The average molecular weight is 159 g/mol. The minimum Gasteiger partial charge on any atom is -0.198 e. The van der Waals surface area contributed by atoms with Crippen LogP contribution >= 0.6 is 0 Å². The summed E-state index contributed by atoms with van der Waals surface area (Å²) in [7, 11) is 0. The molecule has 0 aromatic rings. The molecule has 1 fully saturated rings. The molecule has 1 heteroatoms. The van der Waals surface area contributed by atoms with Crippen molar-refractivity contribution in [3.63, 3.8) is 0 Å². The zero-order valence-electron chi connectivity index (χ0n) is 7.16. The van der Waals surface area contributed by atoms with E-state index in [4.69, 9.17) is 5.26 Å². The van der Waals surface area contributed by atoms with Gasteiger partial charge in [-0.25, -0.2) is 0 Å². The first kappa shape index (κ1) is 7.61. The SMILES string of the molecule is C=CC[C@]1(C#N)C[C@H]2C=C[C@@H]1C2. The van der Waals surface area contributed by atoms with Gasteiger partial charge in [-0.15, -0.1) is 6.58 Å². The molecule has 2 rings (SSSR count). The van der Waals surface area contributed by atoms with Gasteiger partial charge in [0.15, 0.2) is 0 Å². The molecule has 0 radical (unpaired) electrons. The Morgan fingerprint density at radius 3 is 2.92 bits per heavy atom. The lowest BCUT2D eigenvalue weighted by atomic mass is 9.74. The Balaban J connectivity index is 2.26. The van der Waals surface area contributed by atoms with Gasteiger partial charge < -0.3 is 0 Å². The van der Waals surface area contributed by atoms with E-state index < -0.39 is 0 Å². The second-order valence-corrected chi connectivity index (χ2v) is 3.95. The Bertz CT molecular complexity index is 271. The van der Waals surface area contributed by atoms with E-state index in [1.54, 1.807) is 0 Å². The maximum absolute atomic E-state index is 9.14. The number of rotatable bonds is 2. The molecule has 0 heterocycles. The van der Waals surface area contributed by atoms with Gasteiger partial charge in [0.1, 0.15) is 0 Å². The number of nitriles is 1. The van der Waals surface area contributed by atoms with Crippen molar-refractivity contribution in [3.8, 4) is 6.07 Å². The van der Waals surface area contributed by atoms with Crippen molar-refractivity contribution >= 4 is 0 Å². The van der Waals surface area contributed by atoms with Crippen LogP contribution < -0.4 is 0 Å². The van der Waals surface area contributed by atoms with Crippen molar-refractivity contribution in [2.24, 2.45) is 17.3 Å². The predicted molar refractivity (Wildman–Crippen MR) is 48.2 cm³/mol. The number of hydrogen-bond donors (Lipinski definition) is 0. The molecule has 0 N–H and O–H groups in total. The van der Waals surface area contributed by atoms with E-state index in [9.17, 15) is 0 Å². The first-order chi connectivity index (χ1) is 5.80. The van der Waals surface area contributed by atoms with Gasteiger partial charge in [0, 0.05) is 0 Å². The maximum atomic E-state index is 9.14. The zero-order chi connectivity index (χ0) is 8.60. The molecule has 0 aromatic heterocycles. The van der Waals surface area contributed by atoms with Crippen molar-refractivity contribution in [3.05, 3.63) is 24.8 Å². The van der Waals surface area contributed by atoms with Crippen LogP contribution in [-0.2, 0) is 0 Å². The minimum absolute atomic E-state index is 0.0961. The molecular formula is C11H13N. The van der Waals surface area contributed by atoms with E-state index in [0.717, 1.165) is 12.8 Å². The van der Waals surface area contributed by atoms with Crippen molar-refractivity contribution in [1.82, 2.24) is 0 Å². The van der Waals surface area contributed by atoms with Gasteiger partial charge in [0.05, 0.1) is 11.5 Å². The van der Waals surface area contributed by atoms with Gasteiger partial charge in [-0.2, -0.15) is 5.26 Å². The van der Waals surface area contributed by atoms with Crippen LogP contribution in [0.15, 0.2) is 24.8 Å². The zero-order valence-corrected chi connectivity index (χ0v) is 7.16. The molecule has 3 atom stereocenters. The molecule has 2 aliphatic carbocycles. The summed E-state index contributed by atoms with van der Waals surface area (Å²) >= 11 is 0. The highest BCUT2D eigenvalue weighted by Gasteiger charge is 2.47.